The summed E-state index contributed by atoms with van der Waals surface area (Å²) in [6.45, 7) is 0.169. The van der Waals surface area contributed by atoms with Crippen LogP contribution in [0, 0.1) is 6.92 Å². The molecule has 0 fully saturated rings. The number of carbonyl (C=O) groups is 1. The van der Waals surface area contributed by atoms with E-state index >= 15 is 0 Å². The number of amides is 1. The molecule has 1 amide bonds. The lowest BCUT2D eigenvalue weighted by Crippen LogP contribution is -2.41. The number of H-pyrrole nitrogens is 1. The number of alkyl halides is 2. The summed E-state index contributed by atoms with van der Waals surface area (Å²) in [6.07, 6.45) is 1.57. The number of aromatic amines is 1. The Kier molecular flexibility index (Phi) is 5.40. The summed E-state index contributed by atoms with van der Waals surface area (Å²) in [4.78, 5) is 14.2. The number of carbonyl (C=O) groups excluding carboxylic acids is 1. The van der Waals surface area contributed by atoms with E-state index in [1.807, 2.05) is 0 Å². The summed E-state index contributed by atoms with van der Waals surface area (Å²) in [5.74, 6) is -3.58. The highest BCUT2D eigenvalue weighted by Crippen LogP contribution is 2.10. The molecule has 0 aromatic carbocycles. The van der Waals surface area contributed by atoms with E-state index in [0.717, 1.165) is 0 Å². The van der Waals surface area contributed by atoms with Crippen LogP contribution in [-0.2, 0) is 0 Å². The Bertz CT molecular complexity index is 354. The van der Waals surface area contributed by atoms with Gasteiger partial charge in [-0.05, 0) is 13.0 Å². The summed E-state index contributed by atoms with van der Waals surface area (Å²) >= 11 is 0. The number of aryl methyl sites for hydroxylation is 1. The maximum absolute atomic E-state index is 12.7. The van der Waals surface area contributed by atoms with Gasteiger partial charge in [0.15, 0.2) is 0 Å². The largest absolute Gasteiger partial charge is 0.365 e. The minimum atomic E-state index is -3.06. The van der Waals surface area contributed by atoms with Crippen LogP contribution >= 0.6 is 12.4 Å². The maximum Gasteiger partial charge on any atom is 0.277 e. The van der Waals surface area contributed by atoms with Crippen molar-refractivity contribution in [2.45, 2.75) is 12.8 Å². The molecule has 0 saturated carbocycles. The molecule has 1 aromatic rings. The summed E-state index contributed by atoms with van der Waals surface area (Å²) in [5.41, 5.74) is 5.84. The average molecular weight is 254 g/mol. The Hall–Kier alpha value is -1.14. The summed E-state index contributed by atoms with van der Waals surface area (Å²) in [6, 6.07) is 1.53. The highest BCUT2D eigenvalue weighted by molar-refractivity contribution is 5.95. The van der Waals surface area contributed by atoms with Gasteiger partial charge in [0, 0.05) is 11.9 Å². The number of rotatable bonds is 4. The topological polar surface area (TPSA) is 70.9 Å². The van der Waals surface area contributed by atoms with Crippen LogP contribution in [0.25, 0.3) is 0 Å². The molecule has 0 saturated heterocycles. The lowest BCUT2D eigenvalue weighted by Gasteiger charge is -2.14. The van der Waals surface area contributed by atoms with Crippen molar-refractivity contribution < 1.29 is 13.6 Å². The van der Waals surface area contributed by atoms with Crippen molar-refractivity contribution in [2.24, 2.45) is 5.73 Å². The van der Waals surface area contributed by atoms with E-state index < -0.39 is 24.9 Å². The predicted molar refractivity (Wildman–Crippen MR) is 59.1 cm³/mol. The Labute approximate surface area is 98.0 Å². The third-order valence-electron chi connectivity index (χ3n) is 2.00. The van der Waals surface area contributed by atoms with Gasteiger partial charge in [0.05, 0.1) is 18.7 Å². The van der Waals surface area contributed by atoms with Crippen LogP contribution in [0.2, 0.25) is 0 Å². The highest BCUT2D eigenvalue weighted by Gasteiger charge is 2.27. The summed E-state index contributed by atoms with van der Waals surface area (Å²) in [5, 5.41) is 2.13. The minimum Gasteiger partial charge on any atom is -0.365 e. The van der Waals surface area contributed by atoms with Crippen LogP contribution in [0.1, 0.15) is 16.1 Å². The van der Waals surface area contributed by atoms with Gasteiger partial charge in [-0.1, -0.05) is 0 Å². The van der Waals surface area contributed by atoms with E-state index in [0.29, 0.717) is 11.3 Å². The quantitative estimate of drug-likeness (QED) is 0.751. The number of nitrogens with one attached hydrogen (secondary N) is 2. The van der Waals surface area contributed by atoms with Crippen LogP contribution < -0.4 is 11.1 Å². The van der Waals surface area contributed by atoms with Crippen LogP contribution in [0.5, 0.6) is 0 Å². The molecule has 4 nitrogen and oxygen atoms in total. The van der Waals surface area contributed by atoms with Crippen molar-refractivity contribution in [3.05, 3.63) is 23.5 Å². The molecule has 0 aliphatic rings. The Balaban J connectivity index is 0.00000225. The first-order valence-electron chi connectivity index (χ1n) is 4.46. The normalized spacial score (nSPS) is 10.8. The van der Waals surface area contributed by atoms with Crippen molar-refractivity contribution in [1.82, 2.24) is 10.3 Å². The second kappa shape index (κ2) is 5.81. The van der Waals surface area contributed by atoms with Crippen LogP contribution in [0.15, 0.2) is 12.3 Å². The zero-order valence-electron chi connectivity index (χ0n) is 8.72. The van der Waals surface area contributed by atoms with Crippen LogP contribution in [-0.4, -0.2) is 29.9 Å². The second-order valence-corrected chi connectivity index (χ2v) is 3.26. The van der Waals surface area contributed by atoms with Gasteiger partial charge in [-0.25, -0.2) is 8.78 Å². The molecule has 0 atom stereocenters. The van der Waals surface area contributed by atoms with E-state index in [1.165, 1.54) is 6.07 Å². The van der Waals surface area contributed by atoms with E-state index in [1.54, 1.807) is 13.1 Å². The van der Waals surface area contributed by atoms with Crippen molar-refractivity contribution in [1.29, 1.82) is 0 Å². The molecule has 0 unspecified atom stereocenters. The third kappa shape index (κ3) is 3.79. The molecule has 92 valence electrons. The lowest BCUT2D eigenvalue weighted by molar-refractivity contribution is 0.0118. The molecule has 1 aromatic heterocycles. The smallest absolute Gasteiger partial charge is 0.277 e. The standard InChI is InChI=1S/C9H13F2N3O.ClH/c1-6-7(2-3-13-6)8(15)14-5-9(10,11)4-12;/h2-3,13H,4-5,12H2,1H3,(H,14,15);1H. The zero-order chi connectivity index (χ0) is 11.5. The first-order chi connectivity index (χ1) is 6.96. The van der Waals surface area contributed by atoms with Crippen molar-refractivity contribution in [3.8, 4) is 0 Å². The van der Waals surface area contributed by atoms with Crippen molar-refractivity contribution in [2.75, 3.05) is 13.1 Å². The predicted octanol–water partition coefficient (Wildman–Crippen LogP) is 1.07. The molecule has 0 aliphatic carbocycles. The first-order valence-corrected chi connectivity index (χ1v) is 4.46. The van der Waals surface area contributed by atoms with Gasteiger partial charge < -0.3 is 16.0 Å². The maximum atomic E-state index is 12.7. The van der Waals surface area contributed by atoms with Gasteiger partial charge in [0.1, 0.15) is 0 Å². The number of hydrogen-bond acceptors (Lipinski definition) is 2. The average Bonchev–Trinajstić information content (AvgIpc) is 2.61. The number of nitrogens with two attached hydrogens (primary N) is 1. The first kappa shape index (κ1) is 14.9. The van der Waals surface area contributed by atoms with Gasteiger partial charge in [-0.15, -0.1) is 12.4 Å². The second-order valence-electron chi connectivity index (χ2n) is 3.26. The molecular weight excluding hydrogens is 240 g/mol. The van der Waals surface area contributed by atoms with Gasteiger partial charge >= 0.3 is 0 Å². The molecule has 0 spiro atoms. The summed E-state index contributed by atoms with van der Waals surface area (Å²) < 4.78 is 25.4. The van der Waals surface area contributed by atoms with E-state index in [4.69, 9.17) is 5.73 Å². The summed E-state index contributed by atoms with van der Waals surface area (Å²) in [7, 11) is 0. The monoisotopic (exact) mass is 253 g/mol. The Morgan fingerprint density at radius 2 is 2.25 bits per heavy atom. The highest BCUT2D eigenvalue weighted by atomic mass is 35.5. The van der Waals surface area contributed by atoms with E-state index in [2.05, 4.69) is 10.3 Å². The molecule has 7 heteroatoms. The van der Waals surface area contributed by atoms with Gasteiger partial charge in [-0.3, -0.25) is 4.79 Å². The SMILES string of the molecule is Cc1[nH]ccc1C(=O)NCC(F)(F)CN.Cl. The van der Waals surface area contributed by atoms with Gasteiger partial charge in [0.2, 0.25) is 0 Å². The fourth-order valence-corrected chi connectivity index (χ4v) is 1.08. The van der Waals surface area contributed by atoms with Crippen molar-refractivity contribution >= 4 is 18.3 Å². The molecule has 0 bridgehead atoms. The Morgan fingerprint density at radius 1 is 1.62 bits per heavy atom. The van der Waals surface area contributed by atoms with Crippen LogP contribution in [0.3, 0.4) is 0 Å². The molecule has 4 N–H and O–H groups in total. The number of aromatic nitrogens is 1. The van der Waals surface area contributed by atoms with E-state index in [-0.39, 0.29) is 12.4 Å². The van der Waals surface area contributed by atoms with Crippen LogP contribution in [0.4, 0.5) is 8.78 Å². The molecule has 1 heterocycles. The lowest BCUT2D eigenvalue weighted by atomic mass is 10.2. The third-order valence-corrected chi connectivity index (χ3v) is 2.00. The molecular formula is C9H14ClF2N3O. The van der Waals surface area contributed by atoms with E-state index in [9.17, 15) is 13.6 Å². The zero-order valence-corrected chi connectivity index (χ0v) is 9.54. The van der Waals surface area contributed by atoms with Gasteiger partial charge in [0.25, 0.3) is 11.8 Å². The number of hydrogen-bond donors (Lipinski definition) is 3. The fraction of sp³-hybridized carbons (Fsp3) is 0.444. The Morgan fingerprint density at radius 3 is 2.69 bits per heavy atom. The molecule has 16 heavy (non-hydrogen) atoms. The molecule has 0 radical (unpaired) electrons. The molecule has 1 rings (SSSR count). The minimum absolute atomic E-state index is 0. The van der Waals surface area contributed by atoms with Gasteiger partial charge in [-0.2, -0.15) is 0 Å². The fourth-order valence-electron chi connectivity index (χ4n) is 1.08. The number of halogens is 3. The van der Waals surface area contributed by atoms with Crippen molar-refractivity contribution in [3.63, 3.8) is 0 Å². The molecule has 0 aliphatic heterocycles.